The maximum absolute atomic E-state index is 13.3. The summed E-state index contributed by atoms with van der Waals surface area (Å²) in [4.78, 5) is 52.5. The van der Waals surface area contributed by atoms with Gasteiger partial charge in [0.1, 0.15) is 5.75 Å². The first-order valence-corrected chi connectivity index (χ1v) is 14.9. The molecule has 46 heavy (non-hydrogen) atoms. The van der Waals surface area contributed by atoms with Gasteiger partial charge >= 0.3 is 11.9 Å². The third-order valence-corrected chi connectivity index (χ3v) is 7.31. The van der Waals surface area contributed by atoms with Crippen molar-refractivity contribution in [2.45, 2.75) is 86.0 Å². The van der Waals surface area contributed by atoms with Crippen LogP contribution in [0.25, 0.3) is 0 Å². The molecule has 2 aromatic rings. The average Bonchev–Trinajstić information content (AvgIpc) is 2.97. The molecule has 2 rings (SSSR count). The molecule has 2 unspecified atom stereocenters. The van der Waals surface area contributed by atoms with Gasteiger partial charge in [0.05, 0.1) is 29.0 Å². The van der Waals surface area contributed by atoms with Crippen molar-refractivity contribution in [1.82, 2.24) is 10.2 Å². The molecule has 0 saturated carbocycles. The number of amides is 1. The van der Waals surface area contributed by atoms with Crippen LogP contribution in [0.4, 0.5) is 0 Å². The standard InChI is InChI=1S/C34H49N3O8.BrH/c1-21(37(10)27(39)20-43-23-14-12-11-13-15-23)28(40)29(35)34(8,9)36-19-24(38)22-16-17-25(44-30(41)32(2,3)4)26(18-22)45-31(42)33(5,6)7;/h11-18,21,24,29,36,38H,19-20,35H2,1-10H3;1H/t21-,24?,29?;/m0./s1. The number of carbonyl (C=O) groups excluding carboxylic acids is 4. The normalized spacial score (nSPS) is 13.8. The SMILES string of the molecule is Br.C[C@@H](C(=O)C(N)C(C)(C)NCC(O)c1ccc(OC(=O)C(C)(C)C)c(OC(=O)C(C)(C)C)c1)N(C)C(=O)COc1ccccc1. The van der Waals surface area contributed by atoms with Crippen molar-refractivity contribution in [3.63, 3.8) is 0 Å². The number of nitrogens with two attached hydrogens (primary N) is 1. The summed E-state index contributed by atoms with van der Waals surface area (Å²) in [5.74, 6) is -1.24. The van der Waals surface area contributed by atoms with Gasteiger partial charge in [-0.25, -0.2) is 0 Å². The number of ether oxygens (including phenoxy) is 3. The van der Waals surface area contributed by atoms with E-state index >= 15 is 0 Å². The second-order valence-corrected chi connectivity index (χ2v) is 13.8. The van der Waals surface area contributed by atoms with Gasteiger partial charge in [0.25, 0.3) is 5.91 Å². The largest absolute Gasteiger partial charge is 0.484 e. The number of nitrogens with zero attached hydrogens (tertiary/aromatic N) is 1. The Morgan fingerprint density at radius 1 is 0.870 bits per heavy atom. The van der Waals surface area contributed by atoms with Crippen molar-refractivity contribution in [3.05, 3.63) is 54.1 Å². The van der Waals surface area contributed by atoms with Crippen LogP contribution in [0.5, 0.6) is 17.2 Å². The highest BCUT2D eigenvalue weighted by Crippen LogP contribution is 2.34. The van der Waals surface area contributed by atoms with Crippen LogP contribution < -0.4 is 25.3 Å². The molecule has 3 atom stereocenters. The van der Waals surface area contributed by atoms with Crippen molar-refractivity contribution < 1.29 is 38.5 Å². The van der Waals surface area contributed by atoms with Crippen molar-refractivity contribution in [2.75, 3.05) is 20.2 Å². The lowest BCUT2D eigenvalue weighted by molar-refractivity contribution is -0.145. The van der Waals surface area contributed by atoms with E-state index in [9.17, 15) is 24.3 Å². The summed E-state index contributed by atoms with van der Waals surface area (Å²) in [6.45, 7) is 15.0. The first-order chi connectivity index (χ1) is 20.6. The molecule has 0 heterocycles. The molecule has 0 aliphatic carbocycles. The number of hydrogen-bond donors (Lipinski definition) is 3. The van der Waals surface area contributed by atoms with Crippen molar-refractivity contribution in [3.8, 4) is 17.2 Å². The zero-order chi connectivity index (χ0) is 34.3. The van der Waals surface area contributed by atoms with Gasteiger partial charge in [-0.2, -0.15) is 0 Å². The maximum Gasteiger partial charge on any atom is 0.316 e. The number of Topliss-reactive ketones (excluding diaryl/α,β-unsaturated/α-hetero) is 1. The Bertz CT molecular complexity index is 1350. The van der Waals surface area contributed by atoms with Gasteiger partial charge in [-0.15, -0.1) is 17.0 Å². The number of rotatable bonds is 13. The summed E-state index contributed by atoms with van der Waals surface area (Å²) in [5.41, 5.74) is 4.13. The number of likely N-dealkylation sites (N-methyl/N-ethyl adjacent to an activating group) is 1. The van der Waals surface area contributed by atoms with E-state index in [0.717, 1.165) is 0 Å². The molecule has 0 aromatic heterocycles. The number of halogens is 1. The Kier molecular flexibility index (Phi) is 14.6. The van der Waals surface area contributed by atoms with Crippen LogP contribution in [0.2, 0.25) is 0 Å². The van der Waals surface area contributed by atoms with Crippen molar-refractivity contribution >= 4 is 40.6 Å². The molecule has 0 aliphatic heterocycles. The molecule has 0 saturated heterocycles. The summed E-state index contributed by atoms with van der Waals surface area (Å²) in [5, 5.41) is 14.2. The highest BCUT2D eigenvalue weighted by molar-refractivity contribution is 8.93. The molecule has 0 radical (unpaired) electrons. The summed E-state index contributed by atoms with van der Waals surface area (Å²) < 4.78 is 16.6. The number of ketones is 1. The van der Waals surface area contributed by atoms with Crippen molar-refractivity contribution in [2.24, 2.45) is 16.6 Å². The number of hydrogen-bond acceptors (Lipinski definition) is 10. The highest BCUT2D eigenvalue weighted by atomic mass is 79.9. The fourth-order valence-electron chi connectivity index (χ4n) is 3.78. The van der Waals surface area contributed by atoms with Crippen LogP contribution >= 0.6 is 17.0 Å². The third-order valence-electron chi connectivity index (χ3n) is 7.31. The molecule has 0 fully saturated rings. The number of benzene rings is 2. The average molecular weight is 709 g/mol. The number of carbonyl (C=O) groups is 4. The molecular weight excluding hydrogens is 658 g/mol. The molecule has 1 amide bonds. The number of nitrogens with one attached hydrogen (secondary N) is 1. The van der Waals surface area contributed by atoms with Crippen LogP contribution in [0.15, 0.2) is 48.5 Å². The summed E-state index contributed by atoms with van der Waals surface area (Å²) >= 11 is 0. The van der Waals surface area contributed by atoms with Crippen LogP contribution in [0.1, 0.15) is 74.0 Å². The molecule has 0 aliphatic rings. The number of aliphatic hydroxyl groups is 1. The minimum atomic E-state index is -1.11. The first kappa shape index (κ1) is 40.7. The molecule has 11 nitrogen and oxygen atoms in total. The second-order valence-electron chi connectivity index (χ2n) is 13.8. The lowest BCUT2D eigenvalue weighted by atomic mass is 9.88. The Morgan fingerprint density at radius 3 is 1.91 bits per heavy atom. The minimum Gasteiger partial charge on any atom is -0.484 e. The predicted molar refractivity (Wildman–Crippen MR) is 181 cm³/mol. The molecular formula is C34H50BrN3O8. The molecule has 4 N–H and O–H groups in total. The summed E-state index contributed by atoms with van der Waals surface area (Å²) in [6, 6.07) is 11.5. The Morgan fingerprint density at radius 2 is 1.39 bits per heavy atom. The van der Waals surface area contributed by atoms with Gasteiger partial charge in [0.15, 0.2) is 23.9 Å². The first-order valence-electron chi connectivity index (χ1n) is 14.9. The van der Waals surface area contributed by atoms with Crippen LogP contribution in [0, 0.1) is 10.8 Å². The highest BCUT2D eigenvalue weighted by Gasteiger charge is 2.37. The second kappa shape index (κ2) is 16.5. The molecule has 256 valence electrons. The van der Waals surface area contributed by atoms with Crippen molar-refractivity contribution in [1.29, 1.82) is 0 Å². The van der Waals surface area contributed by atoms with Crippen LogP contribution in [-0.2, 0) is 19.2 Å². The predicted octanol–water partition coefficient (Wildman–Crippen LogP) is 4.39. The van der Waals surface area contributed by atoms with Crippen LogP contribution in [-0.4, -0.2) is 71.5 Å². The lowest BCUT2D eigenvalue weighted by Crippen LogP contribution is -2.62. The van der Waals surface area contributed by atoms with Crippen LogP contribution in [0.3, 0.4) is 0 Å². The van der Waals surface area contributed by atoms with Gasteiger partial charge in [0.2, 0.25) is 0 Å². The smallest absolute Gasteiger partial charge is 0.316 e. The number of aliphatic hydroxyl groups excluding tert-OH is 1. The summed E-state index contributed by atoms with van der Waals surface area (Å²) in [6.07, 6.45) is -1.11. The van der Waals surface area contributed by atoms with Gasteiger partial charge in [-0.3, -0.25) is 19.2 Å². The monoisotopic (exact) mass is 707 g/mol. The molecule has 2 aromatic carbocycles. The minimum absolute atomic E-state index is 0. The number of esters is 2. The molecule has 0 bridgehead atoms. The Labute approximate surface area is 282 Å². The Hall–Kier alpha value is -3.32. The van der Waals surface area contributed by atoms with Gasteiger partial charge < -0.3 is 35.3 Å². The Balaban J connectivity index is 0.0000106. The lowest BCUT2D eigenvalue weighted by Gasteiger charge is -2.36. The number of para-hydroxylation sites is 1. The fraction of sp³-hybridized carbons (Fsp3) is 0.529. The number of β-amino-alcohol motifs (C(OH)–C–C–N with tert-alkyl or cyclic N) is 1. The quantitative estimate of drug-likeness (QED) is 0.201. The van der Waals surface area contributed by atoms with E-state index in [1.54, 1.807) is 92.6 Å². The topological polar surface area (TPSA) is 157 Å². The van der Waals surface area contributed by atoms with E-state index in [4.69, 9.17) is 19.9 Å². The molecule has 12 heteroatoms. The van der Waals surface area contributed by atoms with Gasteiger partial charge in [-0.1, -0.05) is 24.3 Å². The fourth-order valence-corrected chi connectivity index (χ4v) is 3.78. The van der Waals surface area contributed by atoms with E-state index in [1.807, 2.05) is 6.07 Å². The van der Waals surface area contributed by atoms with E-state index in [-0.39, 0.29) is 53.3 Å². The van der Waals surface area contributed by atoms with E-state index in [1.165, 1.54) is 24.1 Å². The van der Waals surface area contributed by atoms with E-state index in [2.05, 4.69) is 5.32 Å². The van der Waals surface area contributed by atoms with E-state index < -0.39 is 46.5 Å². The summed E-state index contributed by atoms with van der Waals surface area (Å²) in [7, 11) is 1.52. The third kappa shape index (κ3) is 11.5. The van der Waals surface area contributed by atoms with E-state index in [0.29, 0.717) is 11.3 Å². The zero-order valence-corrected chi connectivity index (χ0v) is 30.2. The van der Waals surface area contributed by atoms with Gasteiger partial charge in [-0.05, 0) is 92.1 Å². The van der Waals surface area contributed by atoms with Gasteiger partial charge in [0, 0.05) is 19.1 Å². The molecule has 0 spiro atoms. The zero-order valence-electron chi connectivity index (χ0n) is 28.5. The maximum atomic E-state index is 13.3.